The van der Waals surface area contributed by atoms with E-state index in [-0.39, 0.29) is 0 Å². The second-order valence-corrected chi connectivity index (χ2v) is 50.0. The highest BCUT2D eigenvalue weighted by Gasteiger charge is 2.43. The first-order valence-electron chi connectivity index (χ1n) is 46.7. The van der Waals surface area contributed by atoms with Crippen molar-refractivity contribution in [1.82, 2.24) is 0 Å². The van der Waals surface area contributed by atoms with E-state index in [0.29, 0.717) is 65.0 Å². The molecular weight excluding hydrogens is 1260 g/mol. The Kier molecular flexibility index (Phi) is 55.2. The molecule has 0 heterocycles. The van der Waals surface area contributed by atoms with E-state index in [1.807, 2.05) is 0 Å². The zero-order valence-corrected chi connectivity index (χ0v) is 84.3. The van der Waals surface area contributed by atoms with Gasteiger partial charge in [-0.3, -0.25) is 0 Å². The maximum absolute atomic E-state index is 2.42. The first-order chi connectivity index (χ1) is 46.7. The molecule has 7 aliphatic carbocycles. The standard InChI is InChI=1S/C11H24.2C10H22.2C9H20.C8H14.5C8H16.C8H18/c1-9(2,3)11(7,8)10(4,5)6;1-8(9(2,3)4)10(5,6)7;1-8(2)10(6,7)9(3,4)5;1-7(2)8(3)9(4,5)6;1-7(2)9(5,6)8(3)4;1-6-4-7-2-3-8(6)5-7;1-7-3-5-8(2)6-4-7;1-7-4-3-5-8(2)6-7;1-8(2)6-4-3-5-7-8;1-7-5-3-4-6-8(7)2;1-2-8-6-4-3-5-7-8;1-7(2,3)8(4,5)6/h1-8H3;2*8H,1-7H3;2*7-8H,1-6H3;6-8H,2-5H2,1H3;2*7-8H,3-6H2,1-2H3;3-7H2,1-2H3;7-8H,3-6H2,1-2H3;8H,2-7H2,1H3;1-6H3/t;;;8-;;;;7-,8?;;7-,8?;;/m...1...1.1../s1. The zero-order chi connectivity index (χ0) is 84.3. The average Bonchev–Trinajstić information content (AvgIpc) is 1.51. The Hall–Kier alpha value is 0. The van der Waals surface area contributed by atoms with Crippen molar-refractivity contribution in [1.29, 1.82) is 0 Å². The molecule has 0 amide bonds. The Morgan fingerprint density at radius 3 is 0.771 bits per heavy atom. The third-order valence-electron chi connectivity index (χ3n) is 32.0. The van der Waals surface area contributed by atoms with Gasteiger partial charge in [0.15, 0.2) is 0 Å². The fourth-order valence-corrected chi connectivity index (χ4v) is 15.3. The maximum Gasteiger partial charge on any atom is -0.0257 e. The molecule has 0 saturated heterocycles. The largest absolute Gasteiger partial charge is 0.0651 e. The van der Waals surface area contributed by atoms with E-state index < -0.39 is 0 Å². The first kappa shape index (κ1) is 114. The molecule has 0 aromatic rings. The highest BCUT2D eigenvalue weighted by Crippen LogP contribution is 2.51. The zero-order valence-electron chi connectivity index (χ0n) is 84.3. The highest BCUT2D eigenvalue weighted by atomic mass is 14.5. The molecule has 7 saturated carbocycles. The average molecular weight is 1480 g/mol. The van der Waals surface area contributed by atoms with E-state index in [9.17, 15) is 0 Å². The van der Waals surface area contributed by atoms with Gasteiger partial charge in [-0.25, -0.2) is 0 Å². The van der Waals surface area contributed by atoms with Crippen LogP contribution in [-0.2, 0) is 0 Å². The van der Waals surface area contributed by atoms with Crippen LogP contribution in [0.15, 0.2) is 0 Å². The van der Waals surface area contributed by atoms with Crippen LogP contribution in [0.3, 0.4) is 0 Å². The molecule has 0 heteroatoms. The molecule has 2 bridgehead atoms. The molecule has 0 aliphatic heterocycles. The molecule has 0 radical (unpaired) electrons. The van der Waals surface area contributed by atoms with Crippen LogP contribution in [0.5, 0.6) is 0 Å². The van der Waals surface area contributed by atoms with E-state index in [4.69, 9.17) is 0 Å². The molecule has 7 aliphatic rings. The lowest BCUT2D eigenvalue weighted by Crippen LogP contribution is -2.41. The van der Waals surface area contributed by atoms with E-state index in [0.717, 1.165) is 94.7 Å². The van der Waals surface area contributed by atoms with E-state index in [2.05, 4.69) is 346 Å². The van der Waals surface area contributed by atoms with Crippen molar-refractivity contribution >= 4 is 0 Å². The van der Waals surface area contributed by atoms with Gasteiger partial charge >= 0.3 is 0 Å². The van der Waals surface area contributed by atoms with Crippen LogP contribution in [-0.4, -0.2) is 0 Å². The SMILES string of the molecule is CC(C(C)(C)C)C(C)(C)C.CC(C)(C)C(C)(C)C.CC(C)(C)C(C)(C)C(C)(C)C.CC(C)C(C)(C)C(C)(C)C.CC(C)C(C)(C)C(C)C.CC(C)[C@@H](C)C(C)(C)C.CC1(C)CCCCC1.CC1CC2CCC1C2.CC1CCC(C)CC1.CC1CCCC[C@H]1C.CC1CCC[C@@H](C)C1.CCC1CCCCC1. The summed E-state index contributed by atoms with van der Waals surface area (Å²) in [6.45, 7) is 116. The Balaban J connectivity index is -0.000000347. The number of hydrogen-bond donors (Lipinski definition) is 0. The summed E-state index contributed by atoms with van der Waals surface area (Å²) in [5, 5.41) is 0. The van der Waals surface area contributed by atoms with Crippen LogP contribution in [0.25, 0.3) is 0 Å². The summed E-state index contributed by atoms with van der Waals surface area (Å²) >= 11 is 0. The van der Waals surface area contributed by atoms with Gasteiger partial charge in [0, 0.05) is 0 Å². The third-order valence-corrected chi connectivity index (χ3v) is 32.0. The van der Waals surface area contributed by atoms with Crippen molar-refractivity contribution < 1.29 is 0 Å². The summed E-state index contributed by atoms with van der Waals surface area (Å²) in [4.78, 5) is 0. The minimum absolute atomic E-state index is 0.375. The molecule has 0 nitrogen and oxygen atoms in total. The number of rotatable bonds is 5. The Bertz CT molecular complexity index is 1910. The molecule has 7 fully saturated rings. The lowest BCUT2D eigenvalue weighted by Gasteiger charge is -2.49. The van der Waals surface area contributed by atoms with Crippen LogP contribution < -0.4 is 0 Å². The lowest BCUT2D eigenvalue weighted by atomic mass is 9.56. The summed E-state index contributed by atoms with van der Waals surface area (Å²) in [6.07, 6.45) is 40.2. The third kappa shape index (κ3) is 52.2. The van der Waals surface area contributed by atoms with Crippen molar-refractivity contribution in [3.63, 3.8) is 0 Å². The second kappa shape index (κ2) is 51.1. The minimum Gasteiger partial charge on any atom is -0.0651 e. The van der Waals surface area contributed by atoms with Crippen molar-refractivity contribution in [2.24, 2.45) is 160 Å². The predicted octanol–water partition coefficient (Wildman–Crippen LogP) is 38.2. The molecule has 7 rings (SSSR count). The molecule has 8 atom stereocenters. The Morgan fingerprint density at radius 2 is 0.648 bits per heavy atom. The van der Waals surface area contributed by atoms with Gasteiger partial charge in [0.25, 0.3) is 0 Å². The van der Waals surface area contributed by atoms with Gasteiger partial charge in [0.1, 0.15) is 0 Å². The van der Waals surface area contributed by atoms with Gasteiger partial charge < -0.3 is 0 Å². The maximum atomic E-state index is 2.42. The smallest absolute Gasteiger partial charge is 0.0257 e. The molecule has 640 valence electrons. The van der Waals surface area contributed by atoms with Crippen molar-refractivity contribution in [2.45, 2.75) is 520 Å². The van der Waals surface area contributed by atoms with Crippen molar-refractivity contribution in [2.75, 3.05) is 0 Å². The van der Waals surface area contributed by atoms with Crippen LogP contribution in [0.2, 0.25) is 0 Å². The van der Waals surface area contributed by atoms with Gasteiger partial charge in [0.2, 0.25) is 0 Å². The molecule has 0 spiro atoms. The van der Waals surface area contributed by atoms with Gasteiger partial charge in [-0.15, -0.1) is 0 Å². The van der Waals surface area contributed by atoms with E-state index in [1.165, 1.54) is 148 Å². The van der Waals surface area contributed by atoms with Crippen LogP contribution in [0.1, 0.15) is 520 Å². The quantitative estimate of drug-likeness (QED) is 0.257. The summed E-state index contributed by atoms with van der Waals surface area (Å²) in [6, 6.07) is 0. The minimum atomic E-state index is 0.375. The summed E-state index contributed by atoms with van der Waals surface area (Å²) in [5.74, 6) is 15.2. The van der Waals surface area contributed by atoms with Gasteiger partial charge in [-0.1, -0.05) is 481 Å². The fraction of sp³-hybridized carbons (Fsp3) is 1.00. The Labute approximate surface area is 675 Å². The molecule has 5 unspecified atom stereocenters. The van der Waals surface area contributed by atoms with Crippen LogP contribution in [0, 0.1) is 160 Å². The summed E-state index contributed by atoms with van der Waals surface area (Å²) in [7, 11) is 0. The highest BCUT2D eigenvalue weighted by molar-refractivity contribution is 4.92. The predicted molar refractivity (Wildman–Crippen MR) is 493 cm³/mol. The van der Waals surface area contributed by atoms with Gasteiger partial charge in [-0.2, -0.15) is 0 Å². The van der Waals surface area contributed by atoms with Crippen LogP contribution >= 0.6 is 0 Å². The molecule has 0 N–H and O–H groups in total. The fourth-order valence-electron chi connectivity index (χ4n) is 15.3. The van der Waals surface area contributed by atoms with Gasteiger partial charge in [-0.05, 0) is 198 Å². The van der Waals surface area contributed by atoms with Crippen molar-refractivity contribution in [3.8, 4) is 0 Å². The molecule has 105 heavy (non-hydrogen) atoms. The monoisotopic (exact) mass is 1480 g/mol. The van der Waals surface area contributed by atoms with Gasteiger partial charge in [0.05, 0.1) is 0 Å². The molecular formula is C105H220. The normalized spacial score (nSPS) is 25.0. The molecule has 0 aromatic heterocycles. The number of hydrogen-bond acceptors (Lipinski definition) is 0. The summed E-state index contributed by atoms with van der Waals surface area (Å²) < 4.78 is 0. The molecule has 0 aromatic carbocycles. The number of fused-ring (bicyclic) bond motifs is 2. The van der Waals surface area contributed by atoms with Crippen molar-refractivity contribution in [3.05, 3.63) is 0 Å². The first-order valence-corrected chi connectivity index (χ1v) is 46.7. The Morgan fingerprint density at radius 1 is 0.305 bits per heavy atom. The van der Waals surface area contributed by atoms with E-state index >= 15 is 0 Å². The van der Waals surface area contributed by atoms with Crippen LogP contribution in [0.4, 0.5) is 0 Å². The topological polar surface area (TPSA) is 0 Å². The van der Waals surface area contributed by atoms with E-state index in [1.54, 1.807) is 25.7 Å². The lowest BCUT2D eigenvalue weighted by molar-refractivity contribution is 0.00575. The summed E-state index contributed by atoms with van der Waals surface area (Å²) in [5.41, 5.74) is 5.41. The second-order valence-electron chi connectivity index (χ2n) is 50.0.